The molecule has 0 amide bonds. The fraction of sp³-hybridized carbons (Fsp3) is 0.810. The molecule has 3 rings (SSSR count). The lowest BCUT2D eigenvalue weighted by Crippen LogP contribution is -2.38. The molecule has 0 aromatic rings. The van der Waals surface area contributed by atoms with Gasteiger partial charge in [-0.15, -0.1) is 0 Å². The molecule has 3 aliphatic carbocycles. The SMILES string of the molecule is COC[C@@]1(O)CCC2/C1=C\C1(C)CCC(C(C)C)=C1CC(O)C2C. The smallest absolute Gasteiger partial charge is 0.109 e. The monoisotopic (exact) mass is 334 g/mol. The van der Waals surface area contributed by atoms with Crippen molar-refractivity contribution in [2.24, 2.45) is 23.2 Å². The number of allylic oxidation sites excluding steroid dienone is 2. The number of ether oxygens (including phenoxy) is 1. The molecule has 4 unspecified atom stereocenters. The molecule has 2 N–H and O–H groups in total. The van der Waals surface area contributed by atoms with Crippen molar-refractivity contribution in [2.75, 3.05) is 13.7 Å². The van der Waals surface area contributed by atoms with Gasteiger partial charge in [0.1, 0.15) is 5.60 Å². The summed E-state index contributed by atoms with van der Waals surface area (Å²) in [5.74, 6) is 0.967. The van der Waals surface area contributed by atoms with Crippen LogP contribution in [0.5, 0.6) is 0 Å². The Bertz CT molecular complexity index is 561. The quantitative estimate of drug-likeness (QED) is 0.771. The maximum absolute atomic E-state index is 11.2. The Morgan fingerprint density at radius 2 is 2.04 bits per heavy atom. The average molecular weight is 335 g/mol. The van der Waals surface area contributed by atoms with Gasteiger partial charge in [0.15, 0.2) is 0 Å². The largest absolute Gasteiger partial charge is 0.392 e. The molecule has 0 spiro atoms. The summed E-state index contributed by atoms with van der Waals surface area (Å²) in [5, 5.41) is 22.1. The van der Waals surface area contributed by atoms with Crippen molar-refractivity contribution in [2.45, 2.75) is 71.5 Å². The van der Waals surface area contributed by atoms with Gasteiger partial charge in [0.05, 0.1) is 12.7 Å². The summed E-state index contributed by atoms with van der Waals surface area (Å²) in [4.78, 5) is 0. The number of methoxy groups -OCH3 is 1. The molecule has 0 aromatic heterocycles. The van der Waals surface area contributed by atoms with E-state index in [0.717, 1.165) is 37.7 Å². The number of aliphatic hydroxyl groups is 2. The van der Waals surface area contributed by atoms with Gasteiger partial charge in [-0.3, -0.25) is 0 Å². The van der Waals surface area contributed by atoms with E-state index in [-0.39, 0.29) is 23.4 Å². The normalized spacial score (nSPS) is 44.8. The molecule has 0 heterocycles. The zero-order valence-electron chi connectivity index (χ0n) is 15.9. The molecule has 3 heteroatoms. The molecule has 136 valence electrons. The third-order valence-corrected chi connectivity index (χ3v) is 7.01. The van der Waals surface area contributed by atoms with Crippen LogP contribution < -0.4 is 0 Å². The van der Waals surface area contributed by atoms with Crippen molar-refractivity contribution < 1.29 is 14.9 Å². The van der Waals surface area contributed by atoms with Gasteiger partial charge in [-0.25, -0.2) is 0 Å². The summed E-state index contributed by atoms with van der Waals surface area (Å²) in [6.07, 6.45) is 6.71. The van der Waals surface area contributed by atoms with E-state index in [9.17, 15) is 10.2 Å². The van der Waals surface area contributed by atoms with E-state index in [1.54, 1.807) is 7.11 Å². The van der Waals surface area contributed by atoms with Crippen LogP contribution in [0.1, 0.15) is 59.8 Å². The molecule has 3 nitrogen and oxygen atoms in total. The van der Waals surface area contributed by atoms with E-state index in [4.69, 9.17) is 4.74 Å². The summed E-state index contributed by atoms with van der Waals surface area (Å²) in [5.41, 5.74) is 3.18. The Balaban J connectivity index is 2.12. The summed E-state index contributed by atoms with van der Waals surface area (Å²) in [6.45, 7) is 9.32. The highest BCUT2D eigenvalue weighted by Crippen LogP contribution is 2.55. The van der Waals surface area contributed by atoms with Gasteiger partial charge in [-0.05, 0) is 55.4 Å². The van der Waals surface area contributed by atoms with Crippen molar-refractivity contribution in [3.05, 3.63) is 22.8 Å². The minimum atomic E-state index is -0.862. The summed E-state index contributed by atoms with van der Waals surface area (Å²) < 4.78 is 5.35. The first-order valence-electron chi connectivity index (χ1n) is 9.57. The molecule has 1 saturated carbocycles. The van der Waals surface area contributed by atoms with Gasteiger partial charge in [0, 0.05) is 12.5 Å². The van der Waals surface area contributed by atoms with Crippen LogP contribution >= 0.6 is 0 Å². The first-order chi connectivity index (χ1) is 11.2. The molecule has 0 aliphatic heterocycles. The predicted octanol–water partition coefficient (Wildman–Crippen LogP) is 3.85. The van der Waals surface area contributed by atoms with E-state index >= 15 is 0 Å². The molecular formula is C21H34O3. The zero-order chi connectivity index (χ0) is 17.7. The highest BCUT2D eigenvalue weighted by molar-refractivity contribution is 5.40. The second-order valence-electron chi connectivity index (χ2n) is 8.92. The van der Waals surface area contributed by atoms with Crippen LogP contribution in [0, 0.1) is 23.2 Å². The van der Waals surface area contributed by atoms with Gasteiger partial charge < -0.3 is 14.9 Å². The van der Waals surface area contributed by atoms with E-state index in [0.29, 0.717) is 12.5 Å². The van der Waals surface area contributed by atoms with Crippen molar-refractivity contribution in [3.8, 4) is 0 Å². The van der Waals surface area contributed by atoms with Gasteiger partial charge in [-0.2, -0.15) is 0 Å². The van der Waals surface area contributed by atoms with E-state index in [1.807, 2.05) is 0 Å². The van der Waals surface area contributed by atoms with Crippen LogP contribution in [-0.4, -0.2) is 35.6 Å². The fourth-order valence-electron chi connectivity index (χ4n) is 5.45. The zero-order valence-corrected chi connectivity index (χ0v) is 15.9. The molecule has 3 aliphatic rings. The molecule has 0 aromatic carbocycles. The Morgan fingerprint density at radius 1 is 1.33 bits per heavy atom. The van der Waals surface area contributed by atoms with Crippen LogP contribution in [0.25, 0.3) is 0 Å². The van der Waals surface area contributed by atoms with Gasteiger partial charge in [0.2, 0.25) is 0 Å². The Hall–Kier alpha value is -0.640. The Labute approximate surface area is 146 Å². The number of aliphatic hydroxyl groups excluding tert-OH is 1. The van der Waals surface area contributed by atoms with Crippen molar-refractivity contribution in [3.63, 3.8) is 0 Å². The van der Waals surface area contributed by atoms with E-state index < -0.39 is 5.60 Å². The molecule has 0 radical (unpaired) electrons. The molecule has 0 saturated heterocycles. The summed E-state index contributed by atoms with van der Waals surface area (Å²) in [6, 6.07) is 0. The fourth-order valence-corrected chi connectivity index (χ4v) is 5.45. The Kier molecular flexibility index (Phi) is 4.74. The maximum atomic E-state index is 11.2. The van der Waals surface area contributed by atoms with Gasteiger partial charge in [0.25, 0.3) is 0 Å². The molecule has 5 atom stereocenters. The van der Waals surface area contributed by atoms with Crippen LogP contribution in [0.3, 0.4) is 0 Å². The van der Waals surface area contributed by atoms with Crippen LogP contribution in [0.4, 0.5) is 0 Å². The minimum absolute atomic E-state index is 0.0274. The first kappa shape index (κ1) is 18.2. The topological polar surface area (TPSA) is 49.7 Å². The highest BCUT2D eigenvalue weighted by atomic mass is 16.5. The number of fused-ring (bicyclic) bond motifs is 2. The van der Waals surface area contributed by atoms with Crippen LogP contribution in [0.15, 0.2) is 22.8 Å². The Morgan fingerprint density at radius 3 is 2.67 bits per heavy atom. The van der Waals surface area contributed by atoms with Crippen molar-refractivity contribution in [1.82, 2.24) is 0 Å². The molecule has 24 heavy (non-hydrogen) atoms. The van der Waals surface area contributed by atoms with Crippen molar-refractivity contribution >= 4 is 0 Å². The summed E-state index contributed by atoms with van der Waals surface area (Å²) in [7, 11) is 1.66. The predicted molar refractivity (Wildman–Crippen MR) is 96.6 cm³/mol. The van der Waals surface area contributed by atoms with Crippen LogP contribution in [-0.2, 0) is 4.74 Å². The minimum Gasteiger partial charge on any atom is -0.392 e. The van der Waals surface area contributed by atoms with Crippen molar-refractivity contribution in [1.29, 1.82) is 0 Å². The number of rotatable bonds is 3. The lowest BCUT2D eigenvalue weighted by molar-refractivity contribution is -0.00113. The average Bonchev–Trinajstić information content (AvgIpc) is 2.98. The third-order valence-electron chi connectivity index (χ3n) is 7.01. The van der Waals surface area contributed by atoms with Gasteiger partial charge in [-0.1, -0.05) is 44.9 Å². The van der Waals surface area contributed by atoms with E-state index in [1.165, 1.54) is 11.1 Å². The number of hydrogen-bond acceptors (Lipinski definition) is 3. The molecular weight excluding hydrogens is 300 g/mol. The van der Waals surface area contributed by atoms with Gasteiger partial charge >= 0.3 is 0 Å². The standard InChI is InChI=1S/C21H34O3/c1-13(2)15-6-8-20(4)11-18-16(7-9-21(18,23)12-24-5)14(3)19(22)10-17(15)20/h11,13-14,16,19,22-23H,6-10,12H2,1-5H3/b18-11+/t14?,16?,19?,20?,21-/m0/s1. The lowest BCUT2D eigenvalue weighted by atomic mass is 9.69. The van der Waals surface area contributed by atoms with Crippen LogP contribution in [0.2, 0.25) is 0 Å². The highest BCUT2D eigenvalue weighted by Gasteiger charge is 2.49. The second-order valence-corrected chi connectivity index (χ2v) is 8.92. The lowest BCUT2D eigenvalue weighted by Gasteiger charge is -2.38. The van der Waals surface area contributed by atoms with E-state index in [2.05, 4.69) is 33.8 Å². The second kappa shape index (κ2) is 6.26. The maximum Gasteiger partial charge on any atom is 0.109 e. The first-order valence-corrected chi connectivity index (χ1v) is 9.57. The molecule has 0 bridgehead atoms. The molecule has 1 fully saturated rings. The summed E-state index contributed by atoms with van der Waals surface area (Å²) >= 11 is 0. The number of hydrogen-bond donors (Lipinski definition) is 2. The third kappa shape index (κ3) is 2.79.